The molecule has 0 rings (SSSR count). The van der Waals surface area contributed by atoms with Gasteiger partial charge in [0.15, 0.2) is 0 Å². The minimum atomic E-state index is -3.54. The van der Waals surface area contributed by atoms with Crippen LogP contribution in [0.15, 0.2) is 0 Å². The topological polar surface area (TPSA) is 86.7 Å². The molecule has 0 atom stereocenters. The molecule has 0 aromatic carbocycles. The van der Waals surface area contributed by atoms with Crippen LogP contribution in [0.5, 0.6) is 0 Å². The first-order valence-electron chi connectivity index (χ1n) is 5.22. The van der Waals surface area contributed by atoms with Gasteiger partial charge in [0.05, 0.1) is 25.7 Å². The van der Waals surface area contributed by atoms with Crippen molar-refractivity contribution in [3.8, 4) is 0 Å². The van der Waals surface area contributed by atoms with Crippen LogP contribution in [0.3, 0.4) is 0 Å². The van der Waals surface area contributed by atoms with Gasteiger partial charge in [0, 0.05) is 5.41 Å². The van der Waals surface area contributed by atoms with E-state index >= 15 is 0 Å². The monoisotopic (exact) mass is 288 g/mol. The van der Waals surface area contributed by atoms with Crippen molar-refractivity contribution < 1.29 is 25.2 Å². The lowest BCUT2D eigenvalue weighted by atomic mass is 9.84. The van der Waals surface area contributed by atoms with Gasteiger partial charge in [0.1, 0.15) is 0 Å². The molecule has 0 fully saturated rings. The average molecular weight is 288 g/mol. The molecular formula is C9H20O6S2. The Labute approximate surface area is 104 Å². The van der Waals surface area contributed by atoms with Crippen molar-refractivity contribution in [3.63, 3.8) is 0 Å². The Kier molecular flexibility index (Phi) is 6.06. The summed E-state index contributed by atoms with van der Waals surface area (Å²) in [5.74, 6) is 0. The largest absolute Gasteiger partial charge is 0.270 e. The molecule has 0 aliphatic heterocycles. The molecule has 17 heavy (non-hydrogen) atoms. The molecule has 0 aliphatic rings. The van der Waals surface area contributed by atoms with Crippen LogP contribution < -0.4 is 0 Å². The second-order valence-electron chi connectivity index (χ2n) is 4.14. The first-order valence-corrected chi connectivity index (χ1v) is 8.86. The molecule has 0 amide bonds. The summed E-state index contributed by atoms with van der Waals surface area (Å²) in [5.41, 5.74) is -0.605. The first-order chi connectivity index (χ1) is 7.54. The standard InChI is InChI=1S/C9H20O6S2/c1-5-9(6-2,7-14-16(3,10)11)8-15-17(4,12)13/h5-8H2,1-4H3. The fourth-order valence-electron chi connectivity index (χ4n) is 1.16. The van der Waals surface area contributed by atoms with Gasteiger partial charge in [-0.15, -0.1) is 0 Å². The highest BCUT2D eigenvalue weighted by Crippen LogP contribution is 2.28. The van der Waals surface area contributed by atoms with E-state index in [1.807, 2.05) is 13.8 Å². The molecule has 0 aliphatic carbocycles. The summed E-state index contributed by atoms with van der Waals surface area (Å²) in [4.78, 5) is 0. The maximum Gasteiger partial charge on any atom is 0.264 e. The van der Waals surface area contributed by atoms with E-state index < -0.39 is 25.7 Å². The Bertz CT molecular complexity index is 380. The van der Waals surface area contributed by atoms with Gasteiger partial charge in [0.25, 0.3) is 20.2 Å². The molecule has 0 saturated heterocycles. The van der Waals surface area contributed by atoms with Gasteiger partial charge in [-0.05, 0) is 12.8 Å². The number of hydrogen-bond acceptors (Lipinski definition) is 6. The Hall–Kier alpha value is -0.180. The van der Waals surface area contributed by atoms with E-state index in [4.69, 9.17) is 8.37 Å². The molecule has 0 aromatic rings. The van der Waals surface area contributed by atoms with Crippen LogP contribution in [-0.2, 0) is 28.6 Å². The SMILES string of the molecule is CCC(CC)(COS(C)(=O)=O)COS(C)(=O)=O. The van der Waals surface area contributed by atoms with Crippen molar-refractivity contribution in [1.29, 1.82) is 0 Å². The third-order valence-electron chi connectivity index (χ3n) is 2.66. The second kappa shape index (κ2) is 6.12. The zero-order chi connectivity index (χ0) is 13.7. The van der Waals surface area contributed by atoms with E-state index in [0.717, 1.165) is 12.5 Å². The normalized spacial score (nSPS) is 13.9. The predicted molar refractivity (Wildman–Crippen MR) is 64.6 cm³/mol. The summed E-state index contributed by atoms with van der Waals surface area (Å²) in [7, 11) is -7.07. The quantitative estimate of drug-likeness (QED) is 0.612. The van der Waals surface area contributed by atoms with E-state index in [1.54, 1.807) is 0 Å². The molecule has 8 heteroatoms. The lowest BCUT2D eigenvalue weighted by Crippen LogP contribution is -2.33. The van der Waals surface area contributed by atoms with Gasteiger partial charge in [-0.25, -0.2) is 0 Å². The van der Waals surface area contributed by atoms with Crippen molar-refractivity contribution in [2.24, 2.45) is 5.41 Å². The summed E-state index contributed by atoms with van der Waals surface area (Å²) in [6.07, 6.45) is 3.05. The van der Waals surface area contributed by atoms with Gasteiger partial charge >= 0.3 is 0 Å². The third-order valence-corrected chi connectivity index (χ3v) is 3.75. The predicted octanol–water partition coefficient (Wildman–Crippen LogP) is 0.745. The highest BCUT2D eigenvalue weighted by molar-refractivity contribution is 7.86. The molecule has 0 saturated carbocycles. The Morgan fingerprint density at radius 3 is 1.29 bits per heavy atom. The Balaban J connectivity index is 4.67. The van der Waals surface area contributed by atoms with Crippen LogP contribution in [0.2, 0.25) is 0 Å². The van der Waals surface area contributed by atoms with Gasteiger partial charge in [-0.2, -0.15) is 16.8 Å². The number of hydrogen-bond donors (Lipinski definition) is 0. The average Bonchev–Trinajstić information content (AvgIpc) is 2.16. The van der Waals surface area contributed by atoms with Crippen molar-refractivity contribution in [3.05, 3.63) is 0 Å². The van der Waals surface area contributed by atoms with Crippen molar-refractivity contribution >= 4 is 20.2 Å². The maximum atomic E-state index is 10.9. The summed E-state index contributed by atoms with van der Waals surface area (Å²) in [6.45, 7) is 3.52. The highest BCUT2D eigenvalue weighted by Gasteiger charge is 2.30. The summed E-state index contributed by atoms with van der Waals surface area (Å²) in [6, 6.07) is 0. The number of rotatable bonds is 8. The minimum Gasteiger partial charge on any atom is -0.270 e. The van der Waals surface area contributed by atoms with Crippen molar-refractivity contribution in [2.45, 2.75) is 26.7 Å². The zero-order valence-corrected chi connectivity index (χ0v) is 12.2. The third kappa shape index (κ3) is 7.69. The minimum absolute atomic E-state index is 0.0750. The van der Waals surface area contributed by atoms with E-state index in [2.05, 4.69) is 0 Å². The summed E-state index contributed by atoms with van der Waals surface area (Å²) < 4.78 is 53.2. The van der Waals surface area contributed by atoms with Crippen LogP contribution in [0.4, 0.5) is 0 Å². The van der Waals surface area contributed by atoms with Gasteiger partial charge < -0.3 is 0 Å². The summed E-state index contributed by atoms with van der Waals surface area (Å²) in [5, 5.41) is 0. The highest BCUT2D eigenvalue weighted by atomic mass is 32.2. The first kappa shape index (κ1) is 16.8. The molecule has 0 bridgehead atoms. The Morgan fingerprint density at radius 2 is 1.12 bits per heavy atom. The van der Waals surface area contributed by atoms with Crippen molar-refractivity contribution in [1.82, 2.24) is 0 Å². The molecule has 0 N–H and O–H groups in total. The molecule has 6 nitrogen and oxygen atoms in total. The fourth-order valence-corrected chi connectivity index (χ4v) is 2.09. The van der Waals surface area contributed by atoms with Crippen LogP contribution in [0, 0.1) is 5.41 Å². The van der Waals surface area contributed by atoms with Gasteiger partial charge in [0.2, 0.25) is 0 Å². The van der Waals surface area contributed by atoms with E-state index in [0.29, 0.717) is 12.8 Å². The van der Waals surface area contributed by atoms with E-state index in [9.17, 15) is 16.8 Å². The molecule has 0 heterocycles. The smallest absolute Gasteiger partial charge is 0.264 e. The summed E-state index contributed by atoms with van der Waals surface area (Å²) >= 11 is 0. The zero-order valence-electron chi connectivity index (χ0n) is 10.6. The van der Waals surface area contributed by atoms with Crippen LogP contribution >= 0.6 is 0 Å². The molecule has 0 aromatic heterocycles. The lowest BCUT2D eigenvalue weighted by molar-refractivity contribution is 0.0777. The van der Waals surface area contributed by atoms with Gasteiger partial charge in [-0.3, -0.25) is 8.37 Å². The lowest BCUT2D eigenvalue weighted by Gasteiger charge is -2.29. The van der Waals surface area contributed by atoms with Crippen LogP contribution in [0.1, 0.15) is 26.7 Å². The Morgan fingerprint density at radius 1 is 0.824 bits per heavy atom. The fraction of sp³-hybridized carbons (Fsp3) is 1.00. The van der Waals surface area contributed by atoms with E-state index in [1.165, 1.54) is 0 Å². The second-order valence-corrected chi connectivity index (χ2v) is 7.43. The molecule has 104 valence electrons. The van der Waals surface area contributed by atoms with Gasteiger partial charge in [-0.1, -0.05) is 13.8 Å². The van der Waals surface area contributed by atoms with Crippen LogP contribution in [0.25, 0.3) is 0 Å². The maximum absolute atomic E-state index is 10.9. The van der Waals surface area contributed by atoms with Crippen molar-refractivity contribution in [2.75, 3.05) is 25.7 Å². The molecular weight excluding hydrogens is 268 g/mol. The molecule has 0 unspecified atom stereocenters. The van der Waals surface area contributed by atoms with E-state index in [-0.39, 0.29) is 13.2 Å². The molecule has 0 radical (unpaired) electrons. The molecule has 0 spiro atoms. The van der Waals surface area contributed by atoms with Crippen LogP contribution in [-0.4, -0.2) is 42.6 Å².